The summed E-state index contributed by atoms with van der Waals surface area (Å²) in [5, 5.41) is 2.99. The predicted molar refractivity (Wildman–Crippen MR) is 121 cm³/mol. The fraction of sp³-hybridized carbons (Fsp3) is 0.192. The first kappa shape index (κ1) is 21.2. The molecule has 4 heteroatoms. The van der Waals surface area contributed by atoms with Gasteiger partial charge in [-0.1, -0.05) is 66.7 Å². The molecule has 3 rings (SSSR count). The largest absolute Gasteiger partial charge is 0.493 e. The molecule has 0 spiro atoms. The molecule has 1 amide bonds. The zero-order chi connectivity index (χ0) is 21.2. The number of methoxy groups -OCH3 is 2. The van der Waals surface area contributed by atoms with Gasteiger partial charge < -0.3 is 14.8 Å². The lowest BCUT2D eigenvalue weighted by Crippen LogP contribution is -2.23. The number of rotatable bonds is 9. The monoisotopic (exact) mass is 401 g/mol. The summed E-state index contributed by atoms with van der Waals surface area (Å²) in [4.78, 5) is 12.3. The number of hydrogen-bond donors (Lipinski definition) is 1. The highest BCUT2D eigenvalue weighted by atomic mass is 16.5. The molecule has 0 unspecified atom stereocenters. The second-order valence-corrected chi connectivity index (χ2v) is 6.90. The molecule has 0 heterocycles. The molecule has 30 heavy (non-hydrogen) atoms. The molecule has 154 valence electrons. The maximum absolute atomic E-state index is 12.3. The summed E-state index contributed by atoms with van der Waals surface area (Å²) in [6, 6.07) is 26.3. The van der Waals surface area contributed by atoms with E-state index in [9.17, 15) is 4.79 Å². The molecule has 3 aromatic carbocycles. The van der Waals surface area contributed by atoms with E-state index in [0.717, 1.165) is 12.0 Å². The minimum Gasteiger partial charge on any atom is -0.493 e. The van der Waals surface area contributed by atoms with E-state index in [4.69, 9.17) is 9.47 Å². The first-order valence-corrected chi connectivity index (χ1v) is 9.99. The molecule has 4 nitrogen and oxygen atoms in total. The highest BCUT2D eigenvalue weighted by molar-refractivity contribution is 5.91. The maximum Gasteiger partial charge on any atom is 0.243 e. The summed E-state index contributed by atoms with van der Waals surface area (Å²) >= 11 is 0. The van der Waals surface area contributed by atoms with E-state index in [1.165, 1.54) is 11.1 Å². The lowest BCUT2D eigenvalue weighted by atomic mass is 9.88. The Morgan fingerprint density at radius 3 is 2.03 bits per heavy atom. The number of carbonyl (C=O) groups is 1. The third-order valence-electron chi connectivity index (χ3n) is 4.97. The Labute approximate surface area is 178 Å². The summed E-state index contributed by atoms with van der Waals surface area (Å²) in [5.41, 5.74) is 3.37. The summed E-state index contributed by atoms with van der Waals surface area (Å²) in [6.45, 7) is 0.587. The van der Waals surface area contributed by atoms with E-state index in [0.29, 0.717) is 18.0 Å². The Kier molecular flexibility index (Phi) is 7.67. The smallest absolute Gasteiger partial charge is 0.243 e. The quantitative estimate of drug-likeness (QED) is 0.510. The Bertz CT molecular complexity index is 929. The Balaban J connectivity index is 1.60. The SMILES string of the molecule is COc1ccc(/C=C\C(=O)NCCC(c2ccccc2)c2ccccc2)cc1OC. The van der Waals surface area contributed by atoms with Gasteiger partial charge in [0.15, 0.2) is 11.5 Å². The molecule has 0 saturated heterocycles. The van der Waals surface area contributed by atoms with Crippen molar-refractivity contribution in [1.29, 1.82) is 0 Å². The van der Waals surface area contributed by atoms with Crippen LogP contribution in [-0.4, -0.2) is 26.7 Å². The van der Waals surface area contributed by atoms with Gasteiger partial charge in [-0.25, -0.2) is 0 Å². The van der Waals surface area contributed by atoms with Crippen LogP contribution in [-0.2, 0) is 4.79 Å². The van der Waals surface area contributed by atoms with Crippen LogP contribution in [0.5, 0.6) is 11.5 Å². The van der Waals surface area contributed by atoms with Crippen molar-refractivity contribution >= 4 is 12.0 Å². The molecular weight excluding hydrogens is 374 g/mol. The minimum atomic E-state index is -0.121. The van der Waals surface area contributed by atoms with Gasteiger partial charge in [-0.05, 0) is 41.3 Å². The van der Waals surface area contributed by atoms with Gasteiger partial charge >= 0.3 is 0 Å². The van der Waals surface area contributed by atoms with Crippen LogP contribution in [0.2, 0.25) is 0 Å². The molecule has 0 aliphatic rings. The van der Waals surface area contributed by atoms with Gasteiger partial charge in [0, 0.05) is 18.5 Å². The van der Waals surface area contributed by atoms with Crippen LogP contribution in [0, 0.1) is 0 Å². The van der Waals surface area contributed by atoms with E-state index < -0.39 is 0 Å². The molecule has 3 aromatic rings. The van der Waals surface area contributed by atoms with E-state index in [-0.39, 0.29) is 11.8 Å². The molecule has 0 radical (unpaired) electrons. The van der Waals surface area contributed by atoms with Crippen LogP contribution >= 0.6 is 0 Å². The molecule has 0 aromatic heterocycles. The second-order valence-electron chi connectivity index (χ2n) is 6.90. The summed E-state index contributed by atoms with van der Waals surface area (Å²) in [5.74, 6) is 1.41. The fourth-order valence-electron chi connectivity index (χ4n) is 3.42. The van der Waals surface area contributed by atoms with E-state index in [1.807, 2.05) is 30.3 Å². The normalized spacial score (nSPS) is 10.9. The highest BCUT2D eigenvalue weighted by Gasteiger charge is 2.13. The number of benzene rings is 3. The van der Waals surface area contributed by atoms with Gasteiger partial charge in [0.05, 0.1) is 14.2 Å². The van der Waals surface area contributed by atoms with Crippen molar-refractivity contribution < 1.29 is 14.3 Å². The van der Waals surface area contributed by atoms with Crippen LogP contribution in [0.15, 0.2) is 84.9 Å². The molecule has 0 bridgehead atoms. The summed E-state index contributed by atoms with van der Waals surface area (Å²) < 4.78 is 10.5. The van der Waals surface area contributed by atoms with Crippen molar-refractivity contribution in [3.63, 3.8) is 0 Å². The highest BCUT2D eigenvalue weighted by Crippen LogP contribution is 2.28. The van der Waals surface area contributed by atoms with Gasteiger partial charge in [0.25, 0.3) is 0 Å². The van der Waals surface area contributed by atoms with Gasteiger partial charge in [0.1, 0.15) is 0 Å². The van der Waals surface area contributed by atoms with Crippen LogP contribution < -0.4 is 14.8 Å². The van der Waals surface area contributed by atoms with Crippen molar-refractivity contribution in [1.82, 2.24) is 5.32 Å². The van der Waals surface area contributed by atoms with Gasteiger partial charge in [-0.15, -0.1) is 0 Å². The van der Waals surface area contributed by atoms with Gasteiger partial charge in [-0.2, -0.15) is 0 Å². The zero-order valence-corrected chi connectivity index (χ0v) is 17.4. The number of carbonyl (C=O) groups excluding carboxylic acids is 1. The number of hydrogen-bond acceptors (Lipinski definition) is 3. The predicted octanol–water partition coefficient (Wildman–Crippen LogP) is 5.06. The second kappa shape index (κ2) is 10.9. The van der Waals surface area contributed by atoms with Crippen LogP contribution in [0.1, 0.15) is 29.0 Å². The van der Waals surface area contributed by atoms with E-state index in [1.54, 1.807) is 26.4 Å². The molecule has 1 N–H and O–H groups in total. The van der Waals surface area contributed by atoms with Crippen molar-refractivity contribution in [3.05, 3.63) is 102 Å². The lowest BCUT2D eigenvalue weighted by Gasteiger charge is -2.18. The molecule has 0 aliphatic heterocycles. The standard InChI is InChI=1S/C26H27NO3/c1-29-24-15-13-20(19-25(24)30-2)14-16-26(28)27-18-17-23(21-9-5-3-6-10-21)22-11-7-4-8-12-22/h3-16,19,23H,17-18H2,1-2H3,(H,27,28)/b16-14-. The van der Waals surface area contributed by atoms with Crippen LogP contribution in [0.3, 0.4) is 0 Å². The lowest BCUT2D eigenvalue weighted by molar-refractivity contribution is -0.116. The average Bonchev–Trinajstić information content (AvgIpc) is 2.81. The van der Waals surface area contributed by atoms with E-state index in [2.05, 4.69) is 53.8 Å². The Hall–Kier alpha value is -3.53. The van der Waals surface area contributed by atoms with Crippen LogP contribution in [0.4, 0.5) is 0 Å². The molecule has 0 aliphatic carbocycles. The van der Waals surface area contributed by atoms with Gasteiger partial charge in [0.2, 0.25) is 5.91 Å². The van der Waals surface area contributed by atoms with Gasteiger partial charge in [-0.3, -0.25) is 4.79 Å². The Morgan fingerprint density at radius 2 is 1.47 bits per heavy atom. The molecule has 0 saturated carbocycles. The van der Waals surface area contributed by atoms with Crippen molar-refractivity contribution in [2.75, 3.05) is 20.8 Å². The number of ether oxygens (including phenoxy) is 2. The number of nitrogens with one attached hydrogen (secondary N) is 1. The van der Waals surface area contributed by atoms with Crippen molar-refractivity contribution in [3.8, 4) is 11.5 Å². The molecular formula is C26H27NO3. The molecule has 0 fully saturated rings. The summed E-state index contributed by atoms with van der Waals surface area (Å²) in [7, 11) is 3.19. The third-order valence-corrected chi connectivity index (χ3v) is 4.97. The fourth-order valence-corrected chi connectivity index (χ4v) is 3.42. The van der Waals surface area contributed by atoms with E-state index >= 15 is 0 Å². The minimum absolute atomic E-state index is 0.121. The number of amides is 1. The Morgan fingerprint density at radius 1 is 0.867 bits per heavy atom. The first-order chi connectivity index (χ1) is 14.7. The zero-order valence-electron chi connectivity index (χ0n) is 17.4. The molecule has 0 atom stereocenters. The topological polar surface area (TPSA) is 47.6 Å². The summed E-state index contributed by atoms with van der Waals surface area (Å²) in [6.07, 6.45) is 4.13. The maximum atomic E-state index is 12.3. The third kappa shape index (κ3) is 5.74. The first-order valence-electron chi connectivity index (χ1n) is 9.99. The van der Waals surface area contributed by atoms with Crippen molar-refractivity contribution in [2.24, 2.45) is 0 Å². The average molecular weight is 402 g/mol. The van der Waals surface area contributed by atoms with Crippen molar-refractivity contribution in [2.45, 2.75) is 12.3 Å². The van der Waals surface area contributed by atoms with Crippen LogP contribution in [0.25, 0.3) is 6.08 Å².